The van der Waals surface area contributed by atoms with Gasteiger partial charge in [0.2, 0.25) is 0 Å². The summed E-state index contributed by atoms with van der Waals surface area (Å²) in [6, 6.07) is 23.6. The Hall–Kier alpha value is -3.18. The molecule has 5 nitrogen and oxygen atoms in total. The van der Waals surface area contributed by atoms with Crippen molar-refractivity contribution in [1.29, 1.82) is 0 Å². The van der Waals surface area contributed by atoms with Crippen molar-refractivity contribution >= 4 is 22.7 Å². The molecule has 3 amide bonds. The Kier molecular flexibility index (Phi) is 6.40. The number of hydrogen-bond donors (Lipinski definition) is 2. The molecule has 2 N–H and O–H groups in total. The Balaban J connectivity index is 1.20. The summed E-state index contributed by atoms with van der Waals surface area (Å²) < 4.78 is 0. The van der Waals surface area contributed by atoms with E-state index in [1.165, 1.54) is 16.3 Å². The van der Waals surface area contributed by atoms with E-state index in [2.05, 4.69) is 58.0 Å². The van der Waals surface area contributed by atoms with E-state index in [1.54, 1.807) is 24.3 Å². The van der Waals surface area contributed by atoms with Crippen LogP contribution in [0.25, 0.3) is 10.8 Å². The van der Waals surface area contributed by atoms with Gasteiger partial charge in [-0.1, -0.05) is 60.7 Å². The maximum atomic E-state index is 12.1. The van der Waals surface area contributed by atoms with Crippen molar-refractivity contribution in [3.63, 3.8) is 0 Å². The fourth-order valence-electron chi connectivity index (χ4n) is 3.97. The van der Waals surface area contributed by atoms with E-state index < -0.39 is 6.03 Å². The quantitative estimate of drug-likeness (QED) is 0.680. The van der Waals surface area contributed by atoms with Gasteiger partial charge in [0.1, 0.15) is 0 Å². The lowest BCUT2D eigenvalue weighted by Gasteiger charge is -2.32. The average molecular weight is 402 g/mol. The lowest BCUT2D eigenvalue weighted by Crippen LogP contribution is -2.49. The van der Waals surface area contributed by atoms with E-state index in [0.29, 0.717) is 5.56 Å². The first-order valence-corrected chi connectivity index (χ1v) is 10.5. The molecule has 1 aliphatic heterocycles. The van der Waals surface area contributed by atoms with Crippen molar-refractivity contribution in [2.75, 3.05) is 19.6 Å². The monoisotopic (exact) mass is 401 g/mol. The lowest BCUT2D eigenvalue weighted by atomic mass is 10.0. The van der Waals surface area contributed by atoms with Gasteiger partial charge in [-0.15, -0.1) is 0 Å². The summed E-state index contributed by atoms with van der Waals surface area (Å²) in [4.78, 5) is 26.7. The molecular weight excluding hydrogens is 374 g/mol. The number of nitrogens with zero attached hydrogens (tertiary/aromatic N) is 1. The molecule has 1 heterocycles. The van der Waals surface area contributed by atoms with E-state index in [9.17, 15) is 9.59 Å². The predicted octanol–water partition coefficient (Wildman–Crippen LogP) is 3.99. The summed E-state index contributed by atoms with van der Waals surface area (Å²) in [6.45, 7) is 2.92. The molecule has 3 aromatic rings. The van der Waals surface area contributed by atoms with Crippen LogP contribution in [0.2, 0.25) is 0 Å². The number of imide groups is 1. The largest absolute Gasteiger partial charge is 0.335 e. The molecule has 0 atom stereocenters. The fourth-order valence-corrected chi connectivity index (χ4v) is 3.97. The first-order chi connectivity index (χ1) is 14.7. The molecule has 0 spiro atoms. The highest BCUT2D eigenvalue weighted by Gasteiger charge is 2.21. The second-order valence-electron chi connectivity index (χ2n) is 7.84. The van der Waals surface area contributed by atoms with Gasteiger partial charge in [-0.3, -0.25) is 10.1 Å². The van der Waals surface area contributed by atoms with Crippen molar-refractivity contribution in [3.8, 4) is 0 Å². The molecular formula is C25H27N3O2. The van der Waals surface area contributed by atoms with Gasteiger partial charge in [-0.2, -0.15) is 0 Å². The molecule has 0 aliphatic carbocycles. The molecule has 0 aromatic heterocycles. The van der Waals surface area contributed by atoms with Crippen molar-refractivity contribution < 1.29 is 9.59 Å². The molecule has 1 saturated heterocycles. The number of fused-ring (bicyclic) bond motifs is 1. The Bertz CT molecular complexity index is 1010. The van der Waals surface area contributed by atoms with Crippen LogP contribution >= 0.6 is 0 Å². The Morgan fingerprint density at radius 1 is 0.867 bits per heavy atom. The number of amides is 3. The third-order valence-electron chi connectivity index (χ3n) is 5.72. The molecule has 3 aromatic carbocycles. The predicted molar refractivity (Wildman–Crippen MR) is 120 cm³/mol. The normalized spacial score (nSPS) is 15.1. The minimum atomic E-state index is -0.418. The van der Waals surface area contributed by atoms with Crippen LogP contribution in [0.3, 0.4) is 0 Å². The second-order valence-corrected chi connectivity index (χ2v) is 7.84. The zero-order valence-electron chi connectivity index (χ0n) is 17.0. The molecule has 0 unspecified atom stereocenters. The second kappa shape index (κ2) is 9.55. The van der Waals surface area contributed by atoms with Crippen molar-refractivity contribution in [2.45, 2.75) is 25.3 Å². The van der Waals surface area contributed by atoms with Gasteiger partial charge in [0, 0.05) is 31.2 Å². The van der Waals surface area contributed by atoms with Crippen LogP contribution in [-0.2, 0) is 6.42 Å². The number of likely N-dealkylation sites (tertiary alicyclic amines) is 1. The van der Waals surface area contributed by atoms with Crippen LogP contribution in [0.15, 0.2) is 72.8 Å². The SMILES string of the molecule is O=C(NC(=O)c1ccccc1)NC1CCN(CCc2ccc3ccccc3c2)CC1. The summed E-state index contributed by atoms with van der Waals surface area (Å²) in [6.07, 6.45) is 2.81. The van der Waals surface area contributed by atoms with Crippen molar-refractivity contribution in [2.24, 2.45) is 0 Å². The summed E-state index contributed by atoms with van der Waals surface area (Å²) in [5.41, 5.74) is 1.84. The van der Waals surface area contributed by atoms with Gasteiger partial charge < -0.3 is 10.2 Å². The smallest absolute Gasteiger partial charge is 0.321 e. The van der Waals surface area contributed by atoms with Crippen molar-refractivity contribution in [3.05, 3.63) is 83.9 Å². The van der Waals surface area contributed by atoms with Crippen LogP contribution in [0.1, 0.15) is 28.8 Å². The minimum Gasteiger partial charge on any atom is -0.335 e. The van der Waals surface area contributed by atoms with E-state index in [0.717, 1.165) is 38.9 Å². The molecule has 5 heteroatoms. The Morgan fingerprint density at radius 3 is 2.33 bits per heavy atom. The molecule has 30 heavy (non-hydrogen) atoms. The molecule has 0 saturated carbocycles. The third-order valence-corrected chi connectivity index (χ3v) is 5.72. The van der Waals surface area contributed by atoms with E-state index in [1.807, 2.05) is 6.07 Å². The number of rotatable bonds is 5. The molecule has 1 aliphatic rings. The van der Waals surface area contributed by atoms with Gasteiger partial charge in [0.05, 0.1) is 0 Å². The van der Waals surface area contributed by atoms with Gasteiger partial charge in [0.15, 0.2) is 0 Å². The van der Waals surface area contributed by atoms with Crippen molar-refractivity contribution in [1.82, 2.24) is 15.5 Å². The number of urea groups is 1. The number of piperidine rings is 1. The van der Waals surface area contributed by atoms with Crippen LogP contribution in [-0.4, -0.2) is 42.5 Å². The Labute approximate surface area is 177 Å². The highest BCUT2D eigenvalue weighted by atomic mass is 16.2. The molecule has 0 radical (unpaired) electrons. The number of hydrogen-bond acceptors (Lipinski definition) is 3. The van der Waals surface area contributed by atoms with Crippen LogP contribution < -0.4 is 10.6 Å². The first kappa shape index (κ1) is 20.1. The highest BCUT2D eigenvalue weighted by Crippen LogP contribution is 2.17. The topological polar surface area (TPSA) is 61.4 Å². The van der Waals surface area contributed by atoms with Gasteiger partial charge in [-0.05, 0) is 47.7 Å². The third kappa shape index (κ3) is 5.24. The van der Waals surface area contributed by atoms with Gasteiger partial charge in [0.25, 0.3) is 5.91 Å². The summed E-state index contributed by atoms with van der Waals surface area (Å²) in [5, 5.41) is 7.91. The van der Waals surface area contributed by atoms with E-state index in [-0.39, 0.29) is 11.9 Å². The number of benzene rings is 3. The summed E-state index contributed by atoms with van der Waals surface area (Å²) in [7, 11) is 0. The minimum absolute atomic E-state index is 0.102. The fraction of sp³-hybridized carbons (Fsp3) is 0.280. The zero-order valence-corrected chi connectivity index (χ0v) is 17.0. The number of carbonyl (C=O) groups is 2. The first-order valence-electron chi connectivity index (χ1n) is 10.5. The van der Waals surface area contributed by atoms with E-state index in [4.69, 9.17) is 0 Å². The van der Waals surface area contributed by atoms with Crippen LogP contribution in [0.5, 0.6) is 0 Å². The standard InChI is InChI=1S/C25H27N3O2/c29-24(21-7-2-1-3-8-21)27-25(30)26-23-13-16-28(17-14-23)15-12-19-10-11-20-6-4-5-9-22(20)18-19/h1-11,18,23H,12-17H2,(H2,26,27,29,30). The molecule has 154 valence electrons. The molecule has 0 bridgehead atoms. The average Bonchev–Trinajstić information content (AvgIpc) is 2.79. The lowest BCUT2D eigenvalue weighted by molar-refractivity contribution is 0.0962. The maximum absolute atomic E-state index is 12.1. The van der Waals surface area contributed by atoms with Gasteiger partial charge in [-0.25, -0.2) is 4.79 Å². The van der Waals surface area contributed by atoms with Gasteiger partial charge >= 0.3 is 6.03 Å². The Morgan fingerprint density at radius 2 is 1.57 bits per heavy atom. The van der Waals surface area contributed by atoms with Crippen LogP contribution in [0, 0.1) is 0 Å². The van der Waals surface area contributed by atoms with Crippen LogP contribution in [0.4, 0.5) is 4.79 Å². The van der Waals surface area contributed by atoms with E-state index >= 15 is 0 Å². The number of nitrogens with one attached hydrogen (secondary N) is 2. The number of carbonyl (C=O) groups excluding carboxylic acids is 2. The summed E-state index contributed by atoms with van der Waals surface area (Å²) in [5.74, 6) is -0.374. The zero-order chi connectivity index (χ0) is 20.8. The molecule has 4 rings (SSSR count). The maximum Gasteiger partial charge on any atom is 0.321 e. The molecule has 1 fully saturated rings. The highest BCUT2D eigenvalue weighted by molar-refractivity contribution is 6.04. The summed E-state index contributed by atoms with van der Waals surface area (Å²) >= 11 is 0.